The van der Waals surface area contributed by atoms with Gasteiger partial charge >= 0.3 is 0 Å². The van der Waals surface area contributed by atoms with Gasteiger partial charge in [-0.3, -0.25) is 4.79 Å². The topological polar surface area (TPSA) is 55.1 Å². The summed E-state index contributed by atoms with van der Waals surface area (Å²) in [5.41, 5.74) is 5.56. The molecule has 14 heavy (non-hydrogen) atoms. The molecule has 0 fully saturated rings. The van der Waals surface area contributed by atoms with Crippen molar-refractivity contribution < 1.29 is 4.79 Å². The van der Waals surface area contributed by atoms with Crippen molar-refractivity contribution in [2.75, 3.05) is 6.54 Å². The molecule has 0 rings (SSSR count). The van der Waals surface area contributed by atoms with Gasteiger partial charge in [0, 0.05) is 19.0 Å². The van der Waals surface area contributed by atoms with E-state index in [0.717, 1.165) is 6.42 Å². The number of nitrogens with two attached hydrogens (primary N) is 1. The second kappa shape index (κ2) is 6.82. The standard InChI is InChI=1S/C11H24N2O/c1-8(2)5-6-11(14)13-10(7-12)9(3)4/h8-10H,5-7,12H2,1-4H3,(H,13,14). The Bertz CT molecular complexity index is 167. The lowest BCUT2D eigenvalue weighted by Crippen LogP contribution is -2.43. The fourth-order valence-electron chi connectivity index (χ4n) is 1.20. The molecular weight excluding hydrogens is 176 g/mol. The molecule has 0 aromatic rings. The van der Waals surface area contributed by atoms with Crippen molar-refractivity contribution in [2.24, 2.45) is 17.6 Å². The first-order chi connectivity index (χ1) is 6.47. The van der Waals surface area contributed by atoms with E-state index >= 15 is 0 Å². The Morgan fingerprint density at radius 3 is 2.21 bits per heavy atom. The maximum Gasteiger partial charge on any atom is 0.220 e. The molecule has 1 amide bonds. The summed E-state index contributed by atoms with van der Waals surface area (Å²) in [4.78, 5) is 11.5. The van der Waals surface area contributed by atoms with Crippen molar-refractivity contribution in [3.63, 3.8) is 0 Å². The fourth-order valence-corrected chi connectivity index (χ4v) is 1.20. The highest BCUT2D eigenvalue weighted by molar-refractivity contribution is 5.76. The van der Waals surface area contributed by atoms with Crippen LogP contribution in [0.1, 0.15) is 40.5 Å². The Morgan fingerprint density at radius 2 is 1.86 bits per heavy atom. The minimum atomic E-state index is 0.120. The van der Waals surface area contributed by atoms with Crippen LogP contribution in [0, 0.1) is 11.8 Å². The number of hydrogen-bond donors (Lipinski definition) is 2. The Kier molecular flexibility index (Phi) is 6.54. The normalized spacial score (nSPS) is 13.4. The quantitative estimate of drug-likeness (QED) is 0.683. The van der Waals surface area contributed by atoms with Crippen molar-refractivity contribution in [3.05, 3.63) is 0 Å². The maximum absolute atomic E-state index is 11.5. The summed E-state index contributed by atoms with van der Waals surface area (Å²) in [7, 11) is 0. The van der Waals surface area contributed by atoms with Crippen LogP contribution in [0.5, 0.6) is 0 Å². The highest BCUT2D eigenvalue weighted by Gasteiger charge is 2.13. The average molecular weight is 200 g/mol. The van der Waals surface area contributed by atoms with Gasteiger partial charge in [0.25, 0.3) is 0 Å². The van der Waals surface area contributed by atoms with Crippen LogP contribution in [0.2, 0.25) is 0 Å². The van der Waals surface area contributed by atoms with Gasteiger partial charge in [0.2, 0.25) is 5.91 Å². The van der Waals surface area contributed by atoms with Gasteiger partial charge in [-0.25, -0.2) is 0 Å². The van der Waals surface area contributed by atoms with Gasteiger partial charge in [-0.15, -0.1) is 0 Å². The van der Waals surface area contributed by atoms with E-state index in [4.69, 9.17) is 5.73 Å². The van der Waals surface area contributed by atoms with E-state index in [-0.39, 0.29) is 11.9 Å². The number of hydrogen-bond acceptors (Lipinski definition) is 2. The van der Waals surface area contributed by atoms with Crippen LogP contribution < -0.4 is 11.1 Å². The van der Waals surface area contributed by atoms with Gasteiger partial charge < -0.3 is 11.1 Å². The molecule has 0 radical (unpaired) electrons. The fraction of sp³-hybridized carbons (Fsp3) is 0.909. The van der Waals surface area contributed by atoms with Crippen molar-refractivity contribution in [1.29, 1.82) is 0 Å². The van der Waals surface area contributed by atoms with E-state index in [0.29, 0.717) is 24.8 Å². The molecule has 1 atom stereocenters. The molecule has 0 saturated carbocycles. The summed E-state index contributed by atoms with van der Waals surface area (Å²) in [5.74, 6) is 1.11. The zero-order valence-corrected chi connectivity index (χ0v) is 9.84. The van der Waals surface area contributed by atoms with Crippen LogP contribution in [0.15, 0.2) is 0 Å². The lowest BCUT2D eigenvalue weighted by atomic mass is 10.0. The van der Waals surface area contributed by atoms with Crippen LogP contribution in [0.25, 0.3) is 0 Å². The van der Waals surface area contributed by atoms with Crippen LogP contribution in [0.4, 0.5) is 0 Å². The lowest BCUT2D eigenvalue weighted by Gasteiger charge is -2.20. The van der Waals surface area contributed by atoms with Gasteiger partial charge in [0.15, 0.2) is 0 Å². The van der Waals surface area contributed by atoms with Gasteiger partial charge in [0.05, 0.1) is 0 Å². The summed E-state index contributed by atoms with van der Waals surface area (Å²) in [5, 5.41) is 2.96. The molecule has 0 aromatic heterocycles. The van der Waals surface area contributed by atoms with Crippen molar-refractivity contribution >= 4 is 5.91 Å². The summed E-state index contributed by atoms with van der Waals surface area (Å²) < 4.78 is 0. The molecule has 0 heterocycles. The van der Waals surface area contributed by atoms with Gasteiger partial charge in [-0.05, 0) is 18.3 Å². The highest BCUT2D eigenvalue weighted by atomic mass is 16.1. The smallest absolute Gasteiger partial charge is 0.220 e. The van der Waals surface area contributed by atoms with Crippen LogP contribution in [-0.2, 0) is 4.79 Å². The predicted octanol–water partition coefficient (Wildman–Crippen LogP) is 1.52. The first kappa shape index (κ1) is 13.4. The molecule has 3 N–H and O–H groups in total. The molecule has 0 bridgehead atoms. The molecule has 0 saturated heterocycles. The van der Waals surface area contributed by atoms with Crippen LogP contribution in [0.3, 0.4) is 0 Å². The van der Waals surface area contributed by atoms with E-state index in [9.17, 15) is 4.79 Å². The Morgan fingerprint density at radius 1 is 1.29 bits per heavy atom. The Labute approximate surface area is 87.4 Å². The predicted molar refractivity (Wildman–Crippen MR) is 59.9 cm³/mol. The number of nitrogens with one attached hydrogen (secondary N) is 1. The number of amides is 1. The van der Waals surface area contributed by atoms with E-state index in [1.165, 1.54) is 0 Å². The first-order valence-corrected chi connectivity index (χ1v) is 5.46. The van der Waals surface area contributed by atoms with E-state index in [2.05, 4.69) is 33.0 Å². The summed E-state index contributed by atoms with van der Waals surface area (Å²) in [6.45, 7) is 8.90. The minimum absolute atomic E-state index is 0.120. The third-order valence-corrected chi connectivity index (χ3v) is 2.35. The molecule has 3 nitrogen and oxygen atoms in total. The maximum atomic E-state index is 11.5. The van der Waals surface area contributed by atoms with Gasteiger partial charge in [0.1, 0.15) is 0 Å². The summed E-state index contributed by atoms with van der Waals surface area (Å²) in [6.07, 6.45) is 1.56. The molecule has 0 aromatic carbocycles. The zero-order chi connectivity index (χ0) is 11.1. The summed E-state index contributed by atoms with van der Waals surface area (Å²) >= 11 is 0. The molecule has 3 heteroatoms. The SMILES string of the molecule is CC(C)CCC(=O)NC(CN)C(C)C. The molecule has 0 aliphatic heterocycles. The number of carbonyl (C=O) groups is 1. The van der Waals surface area contributed by atoms with Crippen molar-refractivity contribution in [1.82, 2.24) is 5.32 Å². The zero-order valence-electron chi connectivity index (χ0n) is 9.84. The van der Waals surface area contributed by atoms with Gasteiger partial charge in [-0.2, -0.15) is 0 Å². The van der Waals surface area contributed by atoms with E-state index < -0.39 is 0 Å². The number of carbonyl (C=O) groups excluding carboxylic acids is 1. The van der Waals surface area contributed by atoms with Crippen molar-refractivity contribution in [2.45, 2.75) is 46.6 Å². The molecule has 1 unspecified atom stereocenters. The second-order valence-corrected chi connectivity index (χ2v) is 4.59. The summed E-state index contributed by atoms with van der Waals surface area (Å²) in [6, 6.07) is 0.120. The highest BCUT2D eigenvalue weighted by Crippen LogP contribution is 2.05. The Balaban J connectivity index is 3.79. The van der Waals surface area contributed by atoms with Crippen molar-refractivity contribution in [3.8, 4) is 0 Å². The molecule has 0 aliphatic carbocycles. The largest absolute Gasteiger partial charge is 0.352 e. The lowest BCUT2D eigenvalue weighted by molar-refractivity contribution is -0.122. The third kappa shape index (κ3) is 5.97. The minimum Gasteiger partial charge on any atom is -0.352 e. The van der Waals surface area contributed by atoms with Crippen LogP contribution >= 0.6 is 0 Å². The number of rotatable bonds is 6. The monoisotopic (exact) mass is 200 g/mol. The Hall–Kier alpha value is -0.570. The molecular formula is C11H24N2O. The van der Waals surface area contributed by atoms with E-state index in [1.54, 1.807) is 0 Å². The van der Waals surface area contributed by atoms with Crippen LogP contribution in [-0.4, -0.2) is 18.5 Å². The molecule has 84 valence electrons. The van der Waals surface area contributed by atoms with E-state index in [1.807, 2.05) is 0 Å². The third-order valence-electron chi connectivity index (χ3n) is 2.35. The first-order valence-electron chi connectivity index (χ1n) is 5.46. The second-order valence-electron chi connectivity index (χ2n) is 4.59. The average Bonchev–Trinajstić information content (AvgIpc) is 2.10. The van der Waals surface area contributed by atoms with Gasteiger partial charge in [-0.1, -0.05) is 27.7 Å². The molecule has 0 spiro atoms. The molecule has 0 aliphatic rings.